The van der Waals surface area contributed by atoms with Gasteiger partial charge in [-0.15, -0.1) is 0 Å². The van der Waals surface area contributed by atoms with E-state index in [1.165, 1.54) is 43.2 Å². The van der Waals surface area contributed by atoms with Gasteiger partial charge in [0.05, 0.1) is 25.4 Å². The van der Waals surface area contributed by atoms with E-state index in [-0.39, 0.29) is 0 Å². The van der Waals surface area contributed by atoms with Gasteiger partial charge >= 0.3 is 0 Å². The third kappa shape index (κ3) is 17.0. The van der Waals surface area contributed by atoms with Crippen LogP contribution in [0.2, 0.25) is 0 Å². The first kappa shape index (κ1) is 27.4. The molecular weight excluding hydrogens is 356 g/mol. The molecule has 2 fully saturated rings. The van der Waals surface area contributed by atoms with Gasteiger partial charge in [-0.1, -0.05) is 102 Å². The summed E-state index contributed by atoms with van der Waals surface area (Å²) in [5, 5.41) is 0. The average Bonchev–Trinajstić information content (AvgIpc) is 3.72. The van der Waals surface area contributed by atoms with Gasteiger partial charge in [-0.3, -0.25) is 0 Å². The molecule has 164 valence electrons. The van der Waals surface area contributed by atoms with E-state index in [4.69, 9.17) is 9.47 Å². The van der Waals surface area contributed by atoms with Crippen LogP contribution >= 0.6 is 0 Å². The lowest BCUT2D eigenvalue weighted by molar-refractivity contribution is 0.403. The largest absolute Gasteiger partial charge is 0.373 e. The standard InChI is InChI=1S/C15H16.2C4H8O.2C2H6/c1-3-8-14(9-4-1)12-7-13-15-10-5-2-6-11-15;2*1-2-4-3-5-4;2*1-2/h1-6,8-11H,7,12-13H2;2*4H,2-3H2,1H3;2*1-2H3. The van der Waals surface area contributed by atoms with Crippen LogP contribution in [0.1, 0.15) is 71.9 Å². The Kier molecular flexibility index (Phi) is 18.6. The van der Waals surface area contributed by atoms with Crippen LogP contribution in [0.4, 0.5) is 0 Å². The minimum Gasteiger partial charge on any atom is -0.373 e. The van der Waals surface area contributed by atoms with Crippen molar-refractivity contribution in [3.05, 3.63) is 71.8 Å². The summed E-state index contributed by atoms with van der Waals surface area (Å²) >= 11 is 0. The summed E-state index contributed by atoms with van der Waals surface area (Å²) in [4.78, 5) is 0. The molecule has 2 aromatic rings. The highest BCUT2D eigenvalue weighted by Gasteiger charge is 2.18. The first-order valence-electron chi connectivity index (χ1n) is 11.6. The van der Waals surface area contributed by atoms with E-state index < -0.39 is 0 Å². The van der Waals surface area contributed by atoms with E-state index in [2.05, 4.69) is 74.5 Å². The highest BCUT2D eigenvalue weighted by molar-refractivity contribution is 5.17. The number of hydrogen-bond acceptors (Lipinski definition) is 2. The Hall–Kier alpha value is -1.64. The maximum atomic E-state index is 4.86. The normalized spacial score (nSPS) is 17.4. The molecule has 2 heteroatoms. The molecule has 0 radical (unpaired) electrons. The van der Waals surface area contributed by atoms with Crippen molar-refractivity contribution in [2.24, 2.45) is 0 Å². The fraction of sp³-hybridized carbons (Fsp3) is 0.556. The zero-order chi connectivity index (χ0) is 21.7. The lowest BCUT2D eigenvalue weighted by atomic mass is 10.0. The molecule has 29 heavy (non-hydrogen) atoms. The van der Waals surface area contributed by atoms with Gasteiger partial charge in [0, 0.05) is 0 Å². The zero-order valence-corrected chi connectivity index (χ0v) is 19.7. The van der Waals surface area contributed by atoms with Crippen molar-refractivity contribution in [3.8, 4) is 0 Å². The lowest BCUT2D eigenvalue weighted by Gasteiger charge is -2.01. The summed E-state index contributed by atoms with van der Waals surface area (Å²) in [6, 6.07) is 21.4. The van der Waals surface area contributed by atoms with Gasteiger partial charge in [-0.2, -0.15) is 0 Å². The molecule has 2 unspecified atom stereocenters. The summed E-state index contributed by atoms with van der Waals surface area (Å²) in [6.45, 7) is 14.3. The number of hydrogen-bond donors (Lipinski definition) is 0. The predicted molar refractivity (Wildman–Crippen MR) is 128 cm³/mol. The topological polar surface area (TPSA) is 25.1 Å². The third-order valence-corrected chi connectivity index (χ3v) is 4.33. The summed E-state index contributed by atoms with van der Waals surface area (Å²) < 4.78 is 9.72. The first-order valence-corrected chi connectivity index (χ1v) is 11.6. The van der Waals surface area contributed by atoms with Crippen LogP contribution in [0, 0.1) is 0 Å². The Labute approximate surface area is 180 Å². The smallest absolute Gasteiger partial charge is 0.0807 e. The van der Waals surface area contributed by atoms with Crippen molar-refractivity contribution in [1.82, 2.24) is 0 Å². The van der Waals surface area contributed by atoms with E-state index in [9.17, 15) is 0 Å². The first-order chi connectivity index (χ1) is 14.3. The van der Waals surface area contributed by atoms with Gasteiger partial charge in [0.15, 0.2) is 0 Å². The van der Waals surface area contributed by atoms with Crippen LogP contribution in [-0.4, -0.2) is 25.4 Å². The molecule has 0 spiro atoms. The van der Waals surface area contributed by atoms with Gasteiger partial charge in [0.1, 0.15) is 0 Å². The summed E-state index contributed by atoms with van der Waals surface area (Å²) in [6.07, 6.45) is 7.24. The van der Waals surface area contributed by atoms with Crippen molar-refractivity contribution in [1.29, 1.82) is 0 Å². The van der Waals surface area contributed by atoms with Crippen molar-refractivity contribution < 1.29 is 9.47 Å². The van der Waals surface area contributed by atoms with Crippen molar-refractivity contribution in [3.63, 3.8) is 0 Å². The van der Waals surface area contributed by atoms with Gasteiger partial charge in [-0.25, -0.2) is 0 Å². The van der Waals surface area contributed by atoms with Gasteiger partial charge < -0.3 is 9.47 Å². The Morgan fingerprint density at radius 3 is 1.14 bits per heavy atom. The van der Waals surface area contributed by atoms with Crippen LogP contribution in [0.5, 0.6) is 0 Å². The van der Waals surface area contributed by atoms with E-state index >= 15 is 0 Å². The number of rotatable bonds is 6. The van der Waals surface area contributed by atoms with Crippen molar-refractivity contribution >= 4 is 0 Å². The molecule has 2 saturated heterocycles. The average molecular weight is 401 g/mol. The molecule has 0 amide bonds. The fourth-order valence-corrected chi connectivity index (χ4v) is 2.39. The highest BCUT2D eigenvalue weighted by atomic mass is 16.6. The van der Waals surface area contributed by atoms with Gasteiger partial charge in [0.25, 0.3) is 0 Å². The predicted octanol–water partition coefficient (Wildman–Crippen LogP) is 7.50. The minimum atomic E-state index is 0.634. The molecule has 4 rings (SSSR count). The highest BCUT2D eigenvalue weighted by Crippen LogP contribution is 2.11. The Balaban J connectivity index is 0.000000457. The Morgan fingerprint density at radius 2 is 0.931 bits per heavy atom. The van der Waals surface area contributed by atoms with Crippen LogP contribution < -0.4 is 0 Å². The molecule has 0 N–H and O–H groups in total. The second-order valence-corrected chi connectivity index (χ2v) is 6.55. The van der Waals surface area contributed by atoms with Crippen LogP contribution in [-0.2, 0) is 22.3 Å². The molecule has 2 aliphatic rings. The van der Waals surface area contributed by atoms with E-state index in [0.717, 1.165) is 13.2 Å². The third-order valence-electron chi connectivity index (χ3n) is 4.33. The summed E-state index contributed by atoms with van der Waals surface area (Å²) in [7, 11) is 0. The maximum Gasteiger partial charge on any atom is 0.0807 e. The van der Waals surface area contributed by atoms with Crippen molar-refractivity contribution in [2.45, 2.75) is 85.9 Å². The van der Waals surface area contributed by atoms with E-state index in [1.54, 1.807) is 0 Å². The maximum absolute atomic E-state index is 4.86. The number of epoxide rings is 2. The van der Waals surface area contributed by atoms with Crippen LogP contribution in [0.25, 0.3) is 0 Å². The fourth-order valence-electron chi connectivity index (χ4n) is 2.39. The molecule has 0 saturated carbocycles. The number of aryl methyl sites for hydroxylation is 2. The van der Waals surface area contributed by atoms with E-state index in [0.29, 0.717) is 12.2 Å². The Bertz CT molecular complexity index is 494. The quantitative estimate of drug-likeness (QED) is 0.469. The lowest BCUT2D eigenvalue weighted by Crippen LogP contribution is -1.89. The van der Waals surface area contributed by atoms with Crippen LogP contribution in [0.3, 0.4) is 0 Å². The van der Waals surface area contributed by atoms with Crippen LogP contribution in [0.15, 0.2) is 60.7 Å². The SMILES string of the molecule is CC.CC.CCC1CO1.CCC1CO1.c1ccc(CCCc2ccccc2)cc1. The number of ether oxygens (including phenoxy) is 2. The zero-order valence-electron chi connectivity index (χ0n) is 19.7. The van der Waals surface area contributed by atoms with Gasteiger partial charge in [0.2, 0.25) is 0 Å². The number of benzene rings is 2. The molecule has 0 aliphatic carbocycles. The summed E-state index contributed by atoms with van der Waals surface area (Å²) in [5.74, 6) is 0. The minimum absolute atomic E-state index is 0.634. The second-order valence-electron chi connectivity index (χ2n) is 6.55. The Morgan fingerprint density at radius 1 is 0.621 bits per heavy atom. The van der Waals surface area contributed by atoms with Crippen molar-refractivity contribution in [2.75, 3.05) is 13.2 Å². The van der Waals surface area contributed by atoms with Gasteiger partial charge in [-0.05, 0) is 43.2 Å². The van der Waals surface area contributed by atoms with E-state index in [1.807, 2.05) is 27.7 Å². The molecule has 0 bridgehead atoms. The molecular formula is C27H44O2. The molecule has 2 nitrogen and oxygen atoms in total. The molecule has 2 aliphatic heterocycles. The summed E-state index contributed by atoms with van der Waals surface area (Å²) in [5.41, 5.74) is 2.88. The molecule has 0 aromatic heterocycles. The molecule has 2 heterocycles. The molecule has 2 aromatic carbocycles. The second kappa shape index (κ2) is 19.7. The monoisotopic (exact) mass is 400 g/mol. The molecule has 2 atom stereocenters.